The van der Waals surface area contributed by atoms with Crippen molar-refractivity contribution in [2.75, 3.05) is 19.5 Å². The first-order chi connectivity index (χ1) is 9.65. The Morgan fingerprint density at radius 1 is 1.25 bits per heavy atom. The van der Waals surface area contributed by atoms with Crippen molar-refractivity contribution < 1.29 is 13.9 Å². The quantitative estimate of drug-likeness (QED) is 0.901. The smallest absolute Gasteiger partial charge is 0.321 e. The molecule has 0 atom stereocenters. The van der Waals surface area contributed by atoms with Crippen molar-refractivity contribution >= 4 is 5.95 Å². The molecular weight excluding hydrogens is 263 g/mol. The first kappa shape index (κ1) is 14.0. The van der Waals surface area contributed by atoms with Gasteiger partial charge in [-0.05, 0) is 18.6 Å². The number of methoxy groups -OCH3 is 1. The third kappa shape index (κ3) is 2.93. The van der Waals surface area contributed by atoms with E-state index in [1.165, 1.54) is 19.2 Å². The first-order valence-corrected chi connectivity index (χ1v) is 6.13. The molecule has 106 valence electrons. The van der Waals surface area contributed by atoms with Crippen LogP contribution in [0.2, 0.25) is 0 Å². The number of hydrogen-bond acceptors (Lipinski definition) is 6. The van der Waals surface area contributed by atoms with Crippen LogP contribution >= 0.6 is 0 Å². The highest BCUT2D eigenvalue weighted by atomic mass is 19.1. The molecule has 0 saturated heterocycles. The van der Waals surface area contributed by atoms with Gasteiger partial charge in [0, 0.05) is 0 Å². The van der Waals surface area contributed by atoms with Crippen LogP contribution in [0.3, 0.4) is 0 Å². The normalized spacial score (nSPS) is 10.3. The van der Waals surface area contributed by atoms with Crippen LogP contribution in [-0.2, 0) is 0 Å². The van der Waals surface area contributed by atoms with Crippen LogP contribution in [0.4, 0.5) is 10.3 Å². The molecular formula is C13H15FN4O2. The maximum absolute atomic E-state index is 14.2. The highest BCUT2D eigenvalue weighted by Crippen LogP contribution is 2.27. The third-order valence-corrected chi connectivity index (χ3v) is 2.49. The van der Waals surface area contributed by atoms with Crippen molar-refractivity contribution in [3.05, 3.63) is 24.0 Å². The van der Waals surface area contributed by atoms with Crippen LogP contribution in [0, 0.1) is 5.82 Å². The number of rotatable bonds is 5. The summed E-state index contributed by atoms with van der Waals surface area (Å²) in [5.74, 6) is -0.358. The molecule has 0 amide bonds. The Labute approximate surface area is 115 Å². The molecule has 1 aromatic heterocycles. The summed E-state index contributed by atoms with van der Waals surface area (Å²) in [6, 6.07) is 4.77. The summed E-state index contributed by atoms with van der Waals surface area (Å²) >= 11 is 0. The van der Waals surface area contributed by atoms with Gasteiger partial charge in [-0.1, -0.05) is 13.0 Å². The van der Waals surface area contributed by atoms with Gasteiger partial charge in [-0.2, -0.15) is 15.0 Å². The molecule has 20 heavy (non-hydrogen) atoms. The summed E-state index contributed by atoms with van der Waals surface area (Å²) in [6.07, 6.45) is 0.800. The predicted molar refractivity (Wildman–Crippen MR) is 72.0 cm³/mol. The van der Waals surface area contributed by atoms with Crippen LogP contribution in [0.15, 0.2) is 18.2 Å². The molecule has 0 fully saturated rings. The van der Waals surface area contributed by atoms with E-state index in [9.17, 15) is 4.39 Å². The molecule has 1 aromatic carbocycles. The summed E-state index contributed by atoms with van der Waals surface area (Å²) < 4.78 is 24.4. The Hall–Kier alpha value is -2.44. The number of hydrogen-bond donors (Lipinski definition) is 1. The van der Waals surface area contributed by atoms with Gasteiger partial charge in [-0.25, -0.2) is 4.39 Å². The molecule has 7 heteroatoms. The molecule has 0 aliphatic carbocycles. The van der Waals surface area contributed by atoms with E-state index in [1.807, 2.05) is 6.92 Å². The molecule has 2 rings (SSSR count). The number of nitrogens with two attached hydrogens (primary N) is 1. The van der Waals surface area contributed by atoms with E-state index in [0.717, 1.165) is 6.42 Å². The van der Waals surface area contributed by atoms with E-state index in [0.29, 0.717) is 6.61 Å². The Morgan fingerprint density at radius 2 is 2.05 bits per heavy atom. The number of anilines is 1. The fourth-order valence-corrected chi connectivity index (χ4v) is 1.59. The summed E-state index contributed by atoms with van der Waals surface area (Å²) in [4.78, 5) is 11.8. The highest BCUT2D eigenvalue weighted by Gasteiger charge is 2.15. The molecule has 0 aliphatic rings. The van der Waals surface area contributed by atoms with Crippen molar-refractivity contribution in [2.24, 2.45) is 0 Å². The molecule has 0 unspecified atom stereocenters. The average Bonchev–Trinajstić information content (AvgIpc) is 2.44. The van der Waals surface area contributed by atoms with Gasteiger partial charge in [-0.3, -0.25) is 0 Å². The zero-order valence-electron chi connectivity index (χ0n) is 11.3. The van der Waals surface area contributed by atoms with Gasteiger partial charge in [0.15, 0.2) is 17.4 Å². The first-order valence-electron chi connectivity index (χ1n) is 6.13. The van der Waals surface area contributed by atoms with Gasteiger partial charge in [0.1, 0.15) is 0 Å². The van der Waals surface area contributed by atoms with Crippen LogP contribution < -0.4 is 15.2 Å². The van der Waals surface area contributed by atoms with Gasteiger partial charge < -0.3 is 15.2 Å². The van der Waals surface area contributed by atoms with Crippen molar-refractivity contribution in [3.63, 3.8) is 0 Å². The van der Waals surface area contributed by atoms with Crippen LogP contribution in [0.25, 0.3) is 11.4 Å². The Morgan fingerprint density at radius 3 is 2.75 bits per heavy atom. The number of aromatic nitrogens is 3. The summed E-state index contributed by atoms with van der Waals surface area (Å²) in [5, 5.41) is 0. The van der Waals surface area contributed by atoms with Crippen molar-refractivity contribution in [1.29, 1.82) is 0 Å². The van der Waals surface area contributed by atoms with Crippen LogP contribution in [0.5, 0.6) is 11.8 Å². The van der Waals surface area contributed by atoms with E-state index < -0.39 is 5.82 Å². The van der Waals surface area contributed by atoms with Crippen molar-refractivity contribution in [3.8, 4) is 23.1 Å². The predicted octanol–water partition coefficient (Wildman–Crippen LogP) is 2.06. The molecule has 0 radical (unpaired) electrons. The average molecular weight is 278 g/mol. The Kier molecular flexibility index (Phi) is 4.29. The maximum atomic E-state index is 14.2. The third-order valence-electron chi connectivity index (χ3n) is 2.49. The van der Waals surface area contributed by atoms with Gasteiger partial charge in [0.25, 0.3) is 0 Å². The lowest BCUT2D eigenvalue weighted by atomic mass is 10.2. The Bertz CT molecular complexity index is 607. The number of ether oxygens (including phenoxy) is 2. The number of halogens is 1. The van der Waals surface area contributed by atoms with Gasteiger partial charge in [-0.15, -0.1) is 0 Å². The topological polar surface area (TPSA) is 83.2 Å². The minimum Gasteiger partial charge on any atom is -0.494 e. The molecule has 1 heterocycles. The number of benzene rings is 1. The zero-order valence-corrected chi connectivity index (χ0v) is 11.3. The molecule has 2 aromatic rings. The SMILES string of the molecule is CCCOc1nc(N)nc(-c2cccc(OC)c2F)n1. The van der Waals surface area contributed by atoms with Crippen molar-refractivity contribution in [2.45, 2.75) is 13.3 Å². The summed E-state index contributed by atoms with van der Waals surface area (Å²) in [7, 11) is 1.39. The minimum absolute atomic E-state index is 0.0247. The fourth-order valence-electron chi connectivity index (χ4n) is 1.59. The standard InChI is InChI=1S/C13H15FN4O2/c1-3-7-20-13-17-11(16-12(15)18-13)8-5-4-6-9(19-2)10(8)14/h4-6H,3,7H2,1-2H3,(H2,15,16,17,18). The maximum Gasteiger partial charge on any atom is 0.321 e. The largest absolute Gasteiger partial charge is 0.494 e. The van der Waals surface area contributed by atoms with E-state index in [-0.39, 0.29) is 29.1 Å². The zero-order chi connectivity index (χ0) is 14.5. The molecule has 0 aliphatic heterocycles. The highest BCUT2D eigenvalue weighted by molar-refractivity contribution is 5.59. The summed E-state index contributed by atoms with van der Waals surface area (Å²) in [5.41, 5.74) is 5.77. The van der Waals surface area contributed by atoms with Gasteiger partial charge in [0.2, 0.25) is 5.95 Å². The van der Waals surface area contributed by atoms with E-state index in [1.54, 1.807) is 6.07 Å². The van der Waals surface area contributed by atoms with E-state index in [2.05, 4.69) is 15.0 Å². The Balaban J connectivity index is 2.44. The molecule has 2 N–H and O–H groups in total. The van der Waals surface area contributed by atoms with Crippen LogP contribution in [-0.4, -0.2) is 28.7 Å². The van der Waals surface area contributed by atoms with Crippen LogP contribution in [0.1, 0.15) is 13.3 Å². The number of nitrogen functional groups attached to an aromatic ring is 1. The lowest BCUT2D eigenvalue weighted by molar-refractivity contribution is 0.292. The van der Waals surface area contributed by atoms with E-state index >= 15 is 0 Å². The lowest BCUT2D eigenvalue weighted by Gasteiger charge is -2.08. The van der Waals surface area contributed by atoms with Gasteiger partial charge >= 0.3 is 6.01 Å². The van der Waals surface area contributed by atoms with Crippen molar-refractivity contribution in [1.82, 2.24) is 15.0 Å². The second kappa shape index (κ2) is 6.14. The molecule has 6 nitrogen and oxygen atoms in total. The fraction of sp³-hybridized carbons (Fsp3) is 0.308. The number of nitrogens with zero attached hydrogens (tertiary/aromatic N) is 3. The minimum atomic E-state index is -0.554. The van der Waals surface area contributed by atoms with E-state index in [4.69, 9.17) is 15.2 Å². The lowest BCUT2D eigenvalue weighted by Crippen LogP contribution is -2.06. The second-order valence-electron chi connectivity index (χ2n) is 3.97. The van der Waals surface area contributed by atoms with Gasteiger partial charge in [0.05, 0.1) is 19.3 Å². The summed E-state index contributed by atoms with van der Waals surface area (Å²) in [6.45, 7) is 2.40. The molecule has 0 bridgehead atoms. The molecule has 0 spiro atoms. The molecule has 0 saturated carbocycles. The monoisotopic (exact) mass is 278 g/mol. The second-order valence-corrected chi connectivity index (χ2v) is 3.97.